The number of carbonyl (C=O) groups excluding carboxylic acids is 1. The monoisotopic (exact) mass is 497 g/mol. The highest BCUT2D eigenvalue weighted by Gasteiger charge is 2.36. The van der Waals surface area contributed by atoms with Gasteiger partial charge in [0.25, 0.3) is 0 Å². The van der Waals surface area contributed by atoms with Crippen LogP contribution < -0.4 is 10.1 Å². The number of ether oxygens (including phenoxy) is 1. The zero-order valence-electron chi connectivity index (χ0n) is 21.0. The Labute approximate surface area is 216 Å². The maximum absolute atomic E-state index is 14.1. The number of fused-ring (bicyclic) bond motifs is 5. The van der Waals surface area contributed by atoms with E-state index in [1.54, 1.807) is 7.11 Å². The summed E-state index contributed by atoms with van der Waals surface area (Å²) in [5, 5.41) is 4.52. The summed E-state index contributed by atoms with van der Waals surface area (Å²) in [4.78, 5) is 17.6. The molecule has 2 amide bonds. The number of aryl methyl sites for hydroxylation is 3. The maximum atomic E-state index is 14.1. The van der Waals surface area contributed by atoms with E-state index < -0.39 is 0 Å². The lowest BCUT2D eigenvalue weighted by atomic mass is 9.95. The van der Waals surface area contributed by atoms with Crippen molar-refractivity contribution in [1.29, 1.82) is 0 Å². The van der Waals surface area contributed by atoms with Crippen molar-refractivity contribution >= 4 is 23.1 Å². The van der Waals surface area contributed by atoms with E-state index >= 15 is 0 Å². The topological polar surface area (TPSA) is 46.5 Å². The van der Waals surface area contributed by atoms with Gasteiger partial charge in [-0.15, -0.1) is 11.3 Å². The van der Waals surface area contributed by atoms with Gasteiger partial charge in [-0.1, -0.05) is 24.3 Å². The first-order chi connectivity index (χ1) is 17.5. The molecule has 1 aliphatic heterocycles. The summed E-state index contributed by atoms with van der Waals surface area (Å²) < 4.78 is 7.74. The molecular weight excluding hydrogens is 466 g/mol. The highest BCUT2D eigenvalue weighted by atomic mass is 32.1. The minimum Gasteiger partial charge on any atom is -0.497 e. The Kier molecular flexibility index (Phi) is 5.84. The van der Waals surface area contributed by atoms with Gasteiger partial charge in [0.15, 0.2) is 0 Å². The van der Waals surface area contributed by atoms with Gasteiger partial charge in [-0.05, 0) is 92.1 Å². The maximum Gasteiger partial charge on any atom is 0.322 e. The van der Waals surface area contributed by atoms with E-state index in [9.17, 15) is 4.79 Å². The average Bonchev–Trinajstić information content (AvgIpc) is 3.48. The molecular formula is C30H31N3O2S. The molecule has 2 aliphatic rings. The second-order valence-corrected chi connectivity index (χ2v) is 10.9. The van der Waals surface area contributed by atoms with Gasteiger partial charge in [-0.2, -0.15) is 0 Å². The Morgan fingerprint density at radius 1 is 1.03 bits per heavy atom. The van der Waals surface area contributed by atoms with Crippen molar-refractivity contribution in [3.8, 4) is 10.8 Å². The minimum absolute atomic E-state index is 0.0825. The zero-order valence-corrected chi connectivity index (χ0v) is 21.8. The van der Waals surface area contributed by atoms with Crippen LogP contribution in [0.3, 0.4) is 0 Å². The number of nitrogens with one attached hydrogen (secondary N) is 1. The second-order valence-electron chi connectivity index (χ2n) is 9.85. The van der Waals surface area contributed by atoms with E-state index in [1.165, 1.54) is 33.8 Å². The van der Waals surface area contributed by atoms with Crippen molar-refractivity contribution in [2.75, 3.05) is 12.4 Å². The predicted octanol–water partition coefficient (Wildman–Crippen LogP) is 7.18. The first-order valence-corrected chi connectivity index (χ1v) is 13.4. The molecule has 0 radical (unpaired) electrons. The standard InChI is InChI=1S/C30H31N3O2S/c1-19-10-11-20(2)25(17-19)31-30(34)33-18-24-23-7-4-5-9-27(23)36-29(24)32-16-6-8-26(32)28(33)21-12-14-22(35-3)15-13-21/h6,8,10-17,28H,4-5,7,9,18H2,1-3H3,(H,31,34). The number of aromatic nitrogens is 1. The van der Waals surface area contributed by atoms with Gasteiger partial charge in [0, 0.05) is 22.3 Å². The van der Waals surface area contributed by atoms with Gasteiger partial charge in [0.1, 0.15) is 10.8 Å². The summed E-state index contributed by atoms with van der Waals surface area (Å²) in [7, 11) is 1.68. The molecule has 4 aromatic rings. The molecule has 36 heavy (non-hydrogen) atoms. The largest absolute Gasteiger partial charge is 0.497 e. The first kappa shape index (κ1) is 22.9. The van der Waals surface area contributed by atoms with Gasteiger partial charge >= 0.3 is 6.03 Å². The van der Waals surface area contributed by atoms with Crippen LogP contribution in [0, 0.1) is 13.8 Å². The third-order valence-electron chi connectivity index (χ3n) is 7.51. The van der Waals surface area contributed by atoms with Crippen molar-refractivity contribution in [3.63, 3.8) is 0 Å². The summed E-state index contributed by atoms with van der Waals surface area (Å²) in [5.74, 6) is 0.808. The molecule has 1 N–H and O–H groups in total. The Bertz CT molecular complexity index is 1430. The molecule has 5 nitrogen and oxygen atoms in total. The number of hydrogen-bond acceptors (Lipinski definition) is 3. The van der Waals surface area contributed by atoms with Crippen LogP contribution in [0.25, 0.3) is 5.00 Å². The quantitative estimate of drug-likeness (QED) is 0.326. The van der Waals surface area contributed by atoms with Crippen molar-refractivity contribution < 1.29 is 9.53 Å². The van der Waals surface area contributed by atoms with Crippen LogP contribution in [0.2, 0.25) is 0 Å². The molecule has 2 aromatic heterocycles. The Morgan fingerprint density at radius 3 is 2.64 bits per heavy atom. The molecule has 0 fully saturated rings. The van der Waals surface area contributed by atoms with Crippen molar-refractivity contribution in [2.45, 2.75) is 52.1 Å². The number of thiophene rings is 1. The van der Waals surface area contributed by atoms with E-state index in [4.69, 9.17) is 4.74 Å². The first-order valence-electron chi connectivity index (χ1n) is 12.6. The summed E-state index contributed by atoms with van der Waals surface area (Å²) in [5.41, 5.74) is 7.98. The van der Waals surface area contributed by atoms with Crippen molar-refractivity contribution in [2.24, 2.45) is 0 Å². The molecule has 6 rings (SSSR count). The lowest BCUT2D eigenvalue weighted by Crippen LogP contribution is -2.38. The second kappa shape index (κ2) is 9.17. The number of benzene rings is 2. The predicted molar refractivity (Wildman–Crippen MR) is 146 cm³/mol. The molecule has 0 bridgehead atoms. The molecule has 3 heterocycles. The number of hydrogen-bond donors (Lipinski definition) is 1. The molecule has 1 unspecified atom stereocenters. The summed E-state index contributed by atoms with van der Waals surface area (Å²) >= 11 is 1.91. The molecule has 1 aliphatic carbocycles. The summed E-state index contributed by atoms with van der Waals surface area (Å²) in [6, 6.07) is 18.2. The van der Waals surface area contributed by atoms with Crippen LogP contribution in [0.4, 0.5) is 10.5 Å². The number of amides is 2. The molecule has 0 spiro atoms. The SMILES string of the molecule is COc1ccc(C2c3cccn3-c3sc4c(c3CN2C(=O)Nc2cc(C)ccc2C)CCCC4)cc1. The smallest absolute Gasteiger partial charge is 0.322 e. The van der Waals surface area contributed by atoms with Crippen LogP contribution >= 0.6 is 11.3 Å². The summed E-state index contributed by atoms with van der Waals surface area (Å²) in [6.45, 7) is 4.67. The number of methoxy groups -OCH3 is 1. The van der Waals surface area contributed by atoms with Crippen LogP contribution in [0.1, 0.15) is 57.3 Å². The number of anilines is 1. The number of carbonyl (C=O) groups is 1. The Morgan fingerprint density at radius 2 is 1.83 bits per heavy atom. The highest BCUT2D eigenvalue weighted by molar-refractivity contribution is 7.15. The normalized spacial score (nSPS) is 16.5. The number of urea groups is 1. The molecule has 6 heteroatoms. The molecule has 0 saturated carbocycles. The average molecular weight is 498 g/mol. The van der Waals surface area contributed by atoms with Crippen LogP contribution in [0.5, 0.6) is 5.75 Å². The van der Waals surface area contributed by atoms with Crippen LogP contribution in [-0.2, 0) is 19.4 Å². The van der Waals surface area contributed by atoms with E-state index in [1.807, 2.05) is 41.4 Å². The number of nitrogens with zero attached hydrogens (tertiary/aromatic N) is 2. The third-order valence-corrected chi connectivity index (χ3v) is 8.84. The van der Waals surface area contributed by atoms with E-state index in [-0.39, 0.29) is 12.1 Å². The highest BCUT2D eigenvalue weighted by Crippen LogP contribution is 2.44. The fraction of sp³-hybridized carbons (Fsp3) is 0.300. The van der Waals surface area contributed by atoms with E-state index in [0.29, 0.717) is 6.54 Å². The third kappa shape index (κ3) is 3.90. The molecule has 2 aromatic carbocycles. The van der Waals surface area contributed by atoms with E-state index in [0.717, 1.165) is 46.7 Å². The van der Waals surface area contributed by atoms with Gasteiger partial charge in [-0.3, -0.25) is 0 Å². The lowest BCUT2D eigenvalue weighted by molar-refractivity contribution is 0.194. The molecule has 1 atom stereocenters. The zero-order chi connectivity index (χ0) is 24.8. The van der Waals surface area contributed by atoms with Crippen LogP contribution in [0.15, 0.2) is 60.8 Å². The molecule has 184 valence electrons. The fourth-order valence-corrected chi connectivity index (χ4v) is 6.98. The van der Waals surface area contributed by atoms with E-state index in [2.05, 4.69) is 59.4 Å². The minimum atomic E-state index is -0.227. The lowest BCUT2D eigenvalue weighted by Gasteiger charge is -2.31. The van der Waals surface area contributed by atoms with Gasteiger partial charge in [0.2, 0.25) is 0 Å². The Hall–Kier alpha value is -3.51. The molecule has 0 saturated heterocycles. The van der Waals surface area contributed by atoms with Crippen LogP contribution in [-0.4, -0.2) is 22.6 Å². The van der Waals surface area contributed by atoms with Crippen molar-refractivity contribution in [1.82, 2.24) is 9.47 Å². The van der Waals surface area contributed by atoms with Crippen molar-refractivity contribution in [3.05, 3.63) is 99.2 Å². The van der Waals surface area contributed by atoms with Gasteiger partial charge < -0.3 is 19.5 Å². The van der Waals surface area contributed by atoms with Gasteiger partial charge in [0.05, 0.1) is 25.4 Å². The van der Waals surface area contributed by atoms with Gasteiger partial charge in [-0.25, -0.2) is 4.79 Å². The summed E-state index contributed by atoms with van der Waals surface area (Å²) in [6.07, 6.45) is 6.85. The number of rotatable bonds is 3. The Balaban J connectivity index is 1.49. The fourth-order valence-electron chi connectivity index (χ4n) is 5.58.